The molecule has 20 heavy (non-hydrogen) atoms. The molecule has 3 unspecified atom stereocenters. The maximum Gasteiger partial charge on any atom is 0.0449 e. The molecule has 2 rings (SSSR count). The van der Waals surface area contributed by atoms with Gasteiger partial charge >= 0.3 is 0 Å². The summed E-state index contributed by atoms with van der Waals surface area (Å²) in [6, 6.07) is 6.26. The Labute approximate surface area is 144 Å². The van der Waals surface area contributed by atoms with Crippen LogP contribution in [0, 0.1) is 17.3 Å². The lowest BCUT2D eigenvalue weighted by molar-refractivity contribution is 0.146. The molecule has 1 aromatic carbocycles. The van der Waals surface area contributed by atoms with Gasteiger partial charge in [-0.2, -0.15) is 0 Å². The second kappa shape index (κ2) is 6.71. The number of hydrogen-bond donors (Lipinski definition) is 0. The molecule has 112 valence electrons. The highest BCUT2D eigenvalue weighted by molar-refractivity contribution is 9.10. The third-order valence-electron chi connectivity index (χ3n) is 4.61. The van der Waals surface area contributed by atoms with Gasteiger partial charge in [0, 0.05) is 14.3 Å². The fourth-order valence-corrected chi connectivity index (χ4v) is 4.61. The van der Waals surface area contributed by atoms with Crippen molar-refractivity contribution in [3.63, 3.8) is 0 Å². The van der Waals surface area contributed by atoms with E-state index in [2.05, 4.69) is 64.8 Å². The monoisotopic (exact) mass is 420 g/mol. The summed E-state index contributed by atoms with van der Waals surface area (Å²) in [5, 5.41) is 0.886. The zero-order chi connectivity index (χ0) is 14.9. The van der Waals surface area contributed by atoms with E-state index in [-0.39, 0.29) is 0 Å². The molecule has 0 radical (unpaired) electrons. The largest absolute Gasteiger partial charge is 0.0888 e. The van der Waals surface area contributed by atoms with Crippen molar-refractivity contribution in [2.45, 2.75) is 51.3 Å². The highest BCUT2D eigenvalue weighted by Gasteiger charge is 2.34. The van der Waals surface area contributed by atoms with E-state index in [1.165, 1.54) is 24.8 Å². The molecule has 0 saturated heterocycles. The summed E-state index contributed by atoms with van der Waals surface area (Å²) in [6.45, 7) is 7.11. The lowest BCUT2D eigenvalue weighted by atomic mass is 9.68. The molecule has 3 atom stereocenters. The van der Waals surface area contributed by atoms with E-state index in [9.17, 15) is 0 Å². The summed E-state index contributed by atoms with van der Waals surface area (Å²) in [4.78, 5) is 0.626. The predicted octanol–water partition coefficient (Wildman–Crippen LogP) is 6.87. The van der Waals surface area contributed by atoms with Gasteiger partial charge in [-0.15, -0.1) is 0 Å². The molecular weight excluding hydrogens is 399 g/mol. The Morgan fingerprint density at radius 2 is 1.95 bits per heavy atom. The standard InChI is InChI=1S/C17H23Br2Cl/c1-17(2,3)13-5-7-15(19)12(9-13)8-11-4-6-14(18)10-16(11)20/h4,6,10,12-13,15H,5,7-9H2,1-3H3. The molecule has 1 saturated carbocycles. The molecule has 0 heterocycles. The Balaban J connectivity index is 2.10. The van der Waals surface area contributed by atoms with Crippen LogP contribution in [0.4, 0.5) is 0 Å². The summed E-state index contributed by atoms with van der Waals surface area (Å²) in [5.41, 5.74) is 1.69. The molecule has 0 aromatic heterocycles. The van der Waals surface area contributed by atoms with Crippen molar-refractivity contribution in [1.82, 2.24) is 0 Å². The van der Waals surface area contributed by atoms with Gasteiger partial charge in [0.15, 0.2) is 0 Å². The first-order chi connectivity index (χ1) is 9.27. The van der Waals surface area contributed by atoms with Gasteiger partial charge in [0.05, 0.1) is 0 Å². The molecule has 0 amide bonds. The average Bonchev–Trinajstić information content (AvgIpc) is 2.33. The second-order valence-electron chi connectivity index (χ2n) is 7.09. The first kappa shape index (κ1) is 16.8. The van der Waals surface area contributed by atoms with E-state index in [0.717, 1.165) is 21.8 Å². The van der Waals surface area contributed by atoms with Crippen molar-refractivity contribution >= 4 is 43.5 Å². The van der Waals surface area contributed by atoms with Crippen LogP contribution in [0.15, 0.2) is 22.7 Å². The molecule has 0 nitrogen and oxygen atoms in total. The Morgan fingerprint density at radius 3 is 2.55 bits per heavy atom. The quantitative estimate of drug-likeness (QED) is 0.456. The summed E-state index contributed by atoms with van der Waals surface area (Å²) in [5.74, 6) is 1.50. The van der Waals surface area contributed by atoms with Gasteiger partial charge in [0.2, 0.25) is 0 Å². The predicted molar refractivity (Wildman–Crippen MR) is 95.9 cm³/mol. The van der Waals surface area contributed by atoms with E-state index < -0.39 is 0 Å². The third-order valence-corrected chi connectivity index (χ3v) is 6.66. The summed E-state index contributed by atoms with van der Waals surface area (Å²) >= 11 is 13.7. The summed E-state index contributed by atoms with van der Waals surface area (Å²) in [6.07, 6.45) is 4.99. The van der Waals surface area contributed by atoms with Crippen LogP contribution >= 0.6 is 43.5 Å². The van der Waals surface area contributed by atoms with Crippen molar-refractivity contribution in [2.24, 2.45) is 17.3 Å². The first-order valence-electron chi connectivity index (χ1n) is 7.35. The topological polar surface area (TPSA) is 0 Å². The highest BCUT2D eigenvalue weighted by Crippen LogP contribution is 2.44. The highest BCUT2D eigenvalue weighted by atomic mass is 79.9. The van der Waals surface area contributed by atoms with Crippen LogP contribution in [0.25, 0.3) is 0 Å². The maximum atomic E-state index is 6.38. The molecule has 0 bridgehead atoms. The number of halogens is 3. The zero-order valence-electron chi connectivity index (χ0n) is 12.4. The van der Waals surface area contributed by atoms with Crippen LogP contribution in [0.5, 0.6) is 0 Å². The normalized spacial score (nSPS) is 27.6. The lowest BCUT2D eigenvalue weighted by Gasteiger charge is -2.40. The lowest BCUT2D eigenvalue weighted by Crippen LogP contribution is -2.33. The second-order valence-corrected chi connectivity index (χ2v) is 9.59. The van der Waals surface area contributed by atoms with Crippen LogP contribution in [0.2, 0.25) is 5.02 Å². The number of rotatable bonds is 2. The third kappa shape index (κ3) is 4.24. The van der Waals surface area contributed by atoms with Gasteiger partial charge in [-0.1, -0.05) is 70.3 Å². The fourth-order valence-electron chi connectivity index (χ4n) is 3.19. The van der Waals surface area contributed by atoms with Crippen molar-refractivity contribution in [3.8, 4) is 0 Å². The smallest absolute Gasteiger partial charge is 0.0449 e. The molecule has 0 aliphatic heterocycles. The molecule has 3 heteroatoms. The van der Waals surface area contributed by atoms with Gasteiger partial charge in [-0.05, 0) is 60.6 Å². The Kier molecular flexibility index (Phi) is 5.64. The van der Waals surface area contributed by atoms with Crippen LogP contribution in [0.3, 0.4) is 0 Å². The van der Waals surface area contributed by atoms with Gasteiger partial charge in [0.25, 0.3) is 0 Å². The van der Waals surface area contributed by atoms with Gasteiger partial charge in [-0.25, -0.2) is 0 Å². The molecular formula is C17H23Br2Cl. The molecule has 1 aromatic rings. The van der Waals surface area contributed by atoms with Crippen LogP contribution in [0.1, 0.15) is 45.6 Å². The van der Waals surface area contributed by atoms with Crippen molar-refractivity contribution in [3.05, 3.63) is 33.3 Å². The van der Waals surface area contributed by atoms with Crippen molar-refractivity contribution in [1.29, 1.82) is 0 Å². The van der Waals surface area contributed by atoms with Crippen molar-refractivity contribution in [2.75, 3.05) is 0 Å². The Hall–Kier alpha value is 0.470. The minimum absolute atomic E-state index is 0.412. The molecule has 1 aliphatic rings. The average molecular weight is 423 g/mol. The molecule has 1 fully saturated rings. The molecule has 0 spiro atoms. The van der Waals surface area contributed by atoms with E-state index in [1.807, 2.05) is 6.07 Å². The van der Waals surface area contributed by atoms with Gasteiger partial charge < -0.3 is 0 Å². The minimum atomic E-state index is 0.412. The Morgan fingerprint density at radius 1 is 1.25 bits per heavy atom. The number of hydrogen-bond acceptors (Lipinski definition) is 0. The van der Waals surface area contributed by atoms with Gasteiger partial charge in [0.1, 0.15) is 0 Å². The minimum Gasteiger partial charge on any atom is -0.0888 e. The Bertz CT molecular complexity index is 465. The van der Waals surface area contributed by atoms with Crippen LogP contribution < -0.4 is 0 Å². The molecule has 1 aliphatic carbocycles. The molecule has 0 N–H and O–H groups in total. The zero-order valence-corrected chi connectivity index (χ0v) is 16.4. The van der Waals surface area contributed by atoms with E-state index in [4.69, 9.17) is 11.6 Å². The SMILES string of the molecule is CC(C)(C)C1CCC(Br)C(Cc2ccc(Br)cc2Cl)C1. The fraction of sp³-hybridized carbons (Fsp3) is 0.647. The first-order valence-corrected chi connectivity index (χ1v) is 9.44. The van der Waals surface area contributed by atoms with Crippen molar-refractivity contribution < 1.29 is 0 Å². The maximum absolute atomic E-state index is 6.38. The van der Waals surface area contributed by atoms with E-state index in [1.54, 1.807) is 0 Å². The van der Waals surface area contributed by atoms with Gasteiger partial charge in [-0.3, -0.25) is 0 Å². The summed E-state index contributed by atoms with van der Waals surface area (Å²) < 4.78 is 1.05. The van der Waals surface area contributed by atoms with E-state index >= 15 is 0 Å². The number of benzene rings is 1. The summed E-state index contributed by atoms with van der Waals surface area (Å²) in [7, 11) is 0. The van der Waals surface area contributed by atoms with Crippen LogP contribution in [-0.2, 0) is 6.42 Å². The van der Waals surface area contributed by atoms with E-state index in [0.29, 0.717) is 16.2 Å². The number of alkyl halides is 1. The van der Waals surface area contributed by atoms with Crippen LogP contribution in [-0.4, -0.2) is 4.83 Å².